The number of hydrogen-bond acceptors (Lipinski definition) is 7. The van der Waals surface area contributed by atoms with Gasteiger partial charge in [0, 0.05) is 32.8 Å². The average Bonchev–Trinajstić information content (AvgIpc) is 3.26. The maximum Gasteiger partial charge on any atom is 0.250 e. The molecule has 8 nitrogen and oxygen atoms in total. The maximum absolute atomic E-state index is 12.4. The van der Waals surface area contributed by atoms with Gasteiger partial charge in [0.2, 0.25) is 0 Å². The fourth-order valence-electron chi connectivity index (χ4n) is 3.00. The lowest BCUT2D eigenvalue weighted by Crippen LogP contribution is -2.20. The van der Waals surface area contributed by atoms with E-state index in [0.717, 1.165) is 20.4 Å². The summed E-state index contributed by atoms with van der Waals surface area (Å²) in [7, 11) is 0. The van der Waals surface area contributed by atoms with Gasteiger partial charge < -0.3 is 5.11 Å². The van der Waals surface area contributed by atoms with Crippen LogP contribution in [-0.4, -0.2) is 42.7 Å². The molecule has 2 aromatic heterocycles. The first kappa shape index (κ1) is 24.6. The van der Waals surface area contributed by atoms with Gasteiger partial charge in [-0.2, -0.15) is 5.10 Å². The first-order valence-electron chi connectivity index (χ1n) is 9.98. The van der Waals surface area contributed by atoms with Gasteiger partial charge >= 0.3 is 0 Å². The van der Waals surface area contributed by atoms with Gasteiger partial charge in [0.05, 0.1) is 15.5 Å². The lowest BCUT2D eigenvalue weighted by atomic mass is 10.2. The number of phenols is 1. The van der Waals surface area contributed by atoms with Crippen LogP contribution in [0.4, 0.5) is 0 Å². The van der Waals surface area contributed by atoms with Crippen LogP contribution in [0.25, 0.3) is 17.1 Å². The van der Waals surface area contributed by atoms with Crippen molar-refractivity contribution in [2.45, 2.75) is 12.1 Å². The summed E-state index contributed by atoms with van der Waals surface area (Å²) in [6.07, 6.45) is 4.83. The highest BCUT2D eigenvalue weighted by Crippen LogP contribution is 2.28. The first-order valence-corrected chi connectivity index (χ1v) is 13.1. The molecule has 0 aliphatic carbocycles. The summed E-state index contributed by atoms with van der Waals surface area (Å²) in [5, 5.41) is 23.4. The van der Waals surface area contributed by atoms with E-state index in [1.54, 1.807) is 18.5 Å². The number of hydrogen-bond donors (Lipinski definition) is 2. The van der Waals surface area contributed by atoms with E-state index in [0.29, 0.717) is 20.1 Å². The molecular weight excluding hydrogens is 678 g/mol. The highest BCUT2D eigenvalue weighted by Gasteiger charge is 2.17. The molecule has 0 aliphatic rings. The number of aromatic nitrogens is 4. The summed E-state index contributed by atoms with van der Waals surface area (Å²) >= 11 is 5.47. The predicted molar refractivity (Wildman–Crippen MR) is 149 cm³/mol. The number of hydrazone groups is 1. The van der Waals surface area contributed by atoms with Crippen molar-refractivity contribution in [2.75, 3.05) is 5.75 Å². The molecule has 0 unspecified atom stereocenters. The van der Waals surface area contributed by atoms with E-state index in [-0.39, 0.29) is 17.4 Å². The minimum absolute atomic E-state index is 0.0908. The number of thioether (sulfide) groups is 1. The van der Waals surface area contributed by atoms with E-state index in [2.05, 4.69) is 70.9 Å². The molecule has 2 aromatic carbocycles. The summed E-state index contributed by atoms with van der Waals surface area (Å²) < 4.78 is 3.60. The summed E-state index contributed by atoms with van der Waals surface area (Å²) in [5.41, 5.74) is 5.94. The van der Waals surface area contributed by atoms with Crippen molar-refractivity contribution >= 4 is 69.1 Å². The van der Waals surface area contributed by atoms with E-state index < -0.39 is 0 Å². The Morgan fingerprint density at radius 1 is 1.15 bits per heavy atom. The maximum atomic E-state index is 12.4. The van der Waals surface area contributed by atoms with Gasteiger partial charge in [-0.15, -0.1) is 10.2 Å². The zero-order chi connectivity index (χ0) is 24.1. The molecule has 0 fully saturated rings. The molecule has 2 heterocycles. The number of phenolic OH excluding ortho intramolecular Hbond substituents is 1. The molecule has 0 saturated heterocycles. The standard InChI is InChI=1S/C23H18I2N6O2S/c1-14-2-4-18(5-3-14)31-22(15-6-8-26-9-7-15)29-30-23(31)34-13-20(32)28-27-12-16-10-17(24)11-19(25)21(16)33/h2-12,33H,13H2,1H3,(H,28,32)/b27-12+. The van der Waals surface area contributed by atoms with Crippen LogP contribution in [0, 0.1) is 14.1 Å². The largest absolute Gasteiger partial charge is 0.506 e. The van der Waals surface area contributed by atoms with Gasteiger partial charge in [0.25, 0.3) is 5.91 Å². The zero-order valence-electron chi connectivity index (χ0n) is 17.8. The SMILES string of the molecule is Cc1ccc(-n2c(SCC(=O)N/N=C/c3cc(I)cc(I)c3O)nnc2-c2ccncc2)cc1. The minimum atomic E-state index is -0.301. The van der Waals surface area contributed by atoms with Crippen LogP contribution in [0.5, 0.6) is 5.75 Å². The second-order valence-electron chi connectivity index (χ2n) is 7.12. The van der Waals surface area contributed by atoms with E-state index in [1.165, 1.54) is 18.0 Å². The van der Waals surface area contributed by atoms with Crippen molar-refractivity contribution in [3.63, 3.8) is 0 Å². The summed E-state index contributed by atoms with van der Waals surface area (Å²) in [6, 6.07) is 15.4. The van der Waals surface area contributed by atoms with E-state index >= 15 is 0 Å². The lowest BCUT2D eigenvalue weighted by Gasteiger charge is -2.10. The van der Waals surface area contributed by atoms with Crippen molar-refractivity contribution in [1.29, 1.82) is 0 Å². The van der Waals surface area contributed by atoms with Crippen LogP contribution in [0.3, 0.4) is 0 Å². The molecule has 172 valence electrons. The molecule has 0 spiro atoms. The van der Waals surface area contributed by atoms with Crippen molar-refractivity contribution < 1.29 is 9.90 Å². The average molecular weight is 696 g/mol. The molecule has 11 heteroatoms. The van der Waals surface area contributed by atoms with Gasteiger partial charge in [0.1, 0.15) is 5.75 Å². The first-order chi connectivity index (χ1) is 16.4. The lowest BCUT2D eigenvalue weighted by molar-refractivity contribution is -0.118. The quantitative estimate of drug-likeness (QED) is 0.125. The third-order valence-corrected chi connectivity index (χ3v) is 7.02. The Morgan fingerprint density at radius 2 is 1.88 bits per heavy atom. The Hall–Kier alpha value is -2.52. The molecule has 0 saturated carbocycles. The molecule has 2 N–H and O–H groups in total. The minimum Gasteiger partial charge on any atom is -0.506 e. The zero-order valence-corrected chi connectivity index (χ0v) is 22.9. The smallest absolute Gasteiger partial charge is 0.250 e. The monoisotopic (exact) mass is 696 g/mol. The van der Waals surface area contributed by atoms with E-state index in [9.17, 15) is 9.90 Å². The van der Waals surface area contributed by atoms with Gasteiger partial charge in [-0.05, 0) is 88.5 Å². The fraction of sp³-hybridized carbons (Fsp3) is 0.0870. The Kier molecular flexibility index (Phi) is 8.15. The Labute approximate surface area is 227 Å². The van der Waals surface area contributed by atoms with Gasteiger partial charge in [-0.1, -0.05) is 29.5 Å². The van der Waals surface area contributed by atoms with Crippen LogP contribution < -0.4 is 5.43 Å². The van der Waals surface area contributed by atoms with Crippen LogP contribution >= 0.6 is 56.9 Å². The Bertz CT molecular complexity index is 1340. The van der Waals surface area contributed by atoms with Gasteiger partial charge in [0.15, 0.2) is 11.0 Å². The van der Waals surface area contributed by atoms with Gasteiger partial charge in [-0.25, -0.2) is 5.43 Å². The number of amides is 1. The molecule has 0 atom stereocenters. The van der Waals surface area contributed by atoms with Crippen LogP contribution in [0.1, 0.15) is 11.1 Å². The summed E-state index contributed by atoms with van der Waals surface area (Å²) in [4.78, 5) is 16.5. The number of carbonyl (C=O) groups excluding carboxylic acids is 1. The molecular formula is C23H18I2N6O2S. The highest BCUT2D eigenvalue weighted by atomic mass is 127. The number of rotatable bonds is 7. The number of aryl methyl sites for hydroxylation is 1. The molecule has 1 amide bonds. The number of aromatic hydroxyl groups is 1. The van der Waals surface area contributed by atoms with Crippen molar-refractivity contribution in [1.82, 2.24) is 25.2 Å². The van der Waals surface area contributed by atoms with Gasteiger partial charge in [-0.3, -0.25) is 14.3 Å². The van der Waals surface area contributed by atoms with Crippen LogP contribution in [0.2, 0.25) is 0 Å². The number of benzene rings is 2. The number of nitrogens with zero attached hydrogens (tertiary/aromatic N) is 5. The molecule has 0 aliphatic heterocycles. The number of pyridine rings is 1. The molecule has 0 bridgehead atoms. The summed E-state index contributed by atoms with van der Waals surface area (Å²) in [6.45, 7) is 2.03. The topological polar surface area (TPSA) is 105 Å². The third-order valence-electron chi connectivity index (χ3n) is 4.65. The molecule has 0 radical (unpaired) electrons. The summed E-state index contributed by atoms with van der Waals surface area (Å²) in [5.74, 6) is 0.581. The number of halogens is 2. The normalized spacial score (nSPS) is 11.1. The van der Waals surface area contributed by atoms with Crippen molar-refractivity contribution in [3.05, 3.63) is 79.2 Å². The van der Waals surface area contributed by atoms with E-state index in [4.69, 9.17) is 0 Å². The molecule has 4 rings (SSSR count). The van der Waals surface area contributed by atoms with Crippen molar-refractivity contribution in [2.24, 2.45) is 5.10 Å². The second-order valence-corrected chi connectivity index (χ2v) is 10.5. The highest BCUT2D eigenvalue weighted by molar-refractivity contribution is 14.1. The third kappa shape index (κ3) is 5.93. The van der Waals surface area contributed by atoms with E-state index in [1.807, 2.05) is 54.0 Å². The number of carbonyl (C=O) groups is 1. The predicted octanol–water partition coefficient (Wildman–Crippen LogP) is 4.79. The molecule has 34 heavy (non-hydrogen) atoms. The number of nitrogens with one attached hydrogen (secondary N) is 1. The Balaban J connectivity index is 1.50. The van der Waals surface area contributed by atoms with Crippen LogP contribution in [-0.2, 0) is 4.79 Å². The molecule has 4 aromatic rings. The second kappa shape index (κ2) is 11.3. The van der Waals surface area contributed by atoms with Crippen LogP contribution in [0.15, 0.2) is 71.2 Å². The Morgan fingerprint density at radius 3 is 2.62 bits per heavy atom. The van der Waals surface area contributed by atoms with Crippen molar-refractivity contribution in [3.8, 4) is 22.8 Å². The fourth-order valence-corrected chi connectivity index (χ4v) is 5.63.